The van der Waals surface area contributed by atoms with Crippen molar-refractivity contribution in [1.29, 1.82) is 0 Å². The number of aliphatic carboxylic acids is 1. The molecule has 0 spiro atoms. The molecule has 0 saturated heterocycles. The number of carbonyl (C=O) groups excluding carboxylic acids is 1. The van der Waals surface area contributed by atoms with Gasteiger partial charge in [-0.25, -0.2) is 4.79 Å². The predicted molar refractivity (Wildman–Crippen MR) is 59.0 cm³/mol. The molecule has 0 radical (unpaired) electrons. The molecule has 3 N–H and O–H groups in total. The molecule has 0 saturated carbocycles. The quantitative estimate of drug-likeness (QED) is 0.562. The fourth-order valence-electron chi connectivity index (χ4n) is 1.07. The number of aliphatic hydroxyl groups is 1. The van der Waals surface area contributed by atoms with E-state index >= 15 is 0 Å². The first-order valence-corrected chi connectivity index (χ1v) is 5.02. The van der Waals surface area contributed by atoms with Crippen LogP contribution in [0.1, 0.15) is 20.8 Å². The standard InChI is InChI=1S/C10H20N2O4/c1-7(14)11-8(9(15)16)5-12(4)10(2,3)6-13/h8,13H,5-6H2,1-4H3,(H,11,14)(H,15,16). The van der Waals surface area contributed by atoms with Gasteiger partial charge in [-0.15, -0.1) is 0 Å². The highest BCUT2D eigenvalue weighted by Crippen LogP contribution is 2.11. The Balaban J connectivity index is 4.51. The van der Waals surface area contributed by atoms with Crippen LogP contribution < -0.4 is 5.32 Å². The van der Waals surface area contributed by atoms with Crippen molar-refractivity contribution in [3.05, 3.63) is 0 Å². The van der Waals surface area contributed by atoms with E-state index in [4.69, 9.17) is 10.2 Å². The van der Waals surface area contributed by atoms with Crippen molar-refractivity contribution in [1.82, 2.24) is 10.2 Å². The minimum atomic E-state index is -1.09. The van der Waals surface area contributed by atoms with Crippen molar-refractivity contribution in [2.24, 2.45) is 0 Å². The summed E-state index contributed by atoms with van der Waals surface area (Å²) in [5.74, 6) is -1.47. The van der Waals surface area contributed by atoms with Crippen LogP contribution in [0.4, 0.5) is 0 Å². The molecule has 0 aromatic heterocycles. The molecule has 6 heteroatoms. The fraction of sp³-hybridized carbons (Fsp3) is 0.800. The first-order chi connectivity index (χ1) is 7.20. The summed E-state index contributed by atoms with van der Waals surface area (Å²) in [7, 11) is 1.70. The smallest absolute Gasteiger partial charge is 0.327 e. The molecule has 0 bridgehead atoms. The Morgan fingerprint density at radius 3 is 2.25 bits per heavy atom. The van der Waals surface area contributed by atoms with E-state index in [1.807, 2.05) is 0 Å². The van der Waals surface area contributed by atoms with Crippen LogP contribution >= 0.6 is 0 Å². The molecule has 0 rings (SSSR count). The maximum Gasteiger partial charge on any atom is 0.327 e. The summed E-state index contributed by atoms with van der Waals surface area (Å²) in [6.45, 7) is 4.91. The average molecular weight is 232 g/mol. The van der Waals surface area contributed by atoms with Gasteiger partial charge in [-0.2, -0.15) is 0 Å². The van der Waals surface area contributed by atoms with Gasteiger partial charge in [0.25, 0.3) is 0 Å². The molecule has 0 heterocycles. The Kier molecular flexibility index (Phi) is 5.40. The summed E-state index contributed by atoms with van der Waals surface area (Å²) in [6.07, 6.45) is 0. The van der Waals surface area contributed by atoms with Crippen molar-refractivity contribution < 1.29 is 19.8 Å². The van der Waals surface area contributed by atoms with E-state index in [0.29, 0.717) is 0 Å². The fourth-order valence-corrected chi connectivity index (χ4v) is 1.07. The maximum atomic E-state index is 10.9. The Hall–Kier alpha value is -1.14. The normalized spacial score (nSPS) is 13.6. The lowest BCUT2D eigenvalue weighted by Gasteiger charge is -2.35. The zero-order valence-electron chi connectivity index (χ0n) is 10.1. The molecule has 1 amide bonds. The number of carbonyl (C=O) groups is 2. The summed E-state index contributed by atoms with van der Waals surface area (Å²) in [5.41, 5.74) is -0.522. The molecule has 0 aliphatic carbocycles. The molecule has 0 aliphatic rings. The molecular formula is C10H20N2O4. The second kappa shape index (κ2) is 5.81. The summed E-state index contributed by atoms with van der Waals surface area (Å²) in [6, 6.07) is -0.965. The molecule has 0 aromatic rings. The van der Waals surface area contributed by atoms with E-state index in [0.717, 1.165) is 0 Å². The van der Waals surface area contributed by atoms with Crippen LogP contribution in [0.2, 0.25) is 0 Å². The van der Waals surface area contributed by atoms with Crippen molar-refractivity contribution in [3.8, 4) is 0 Å². The highest BCUT2D eigenvalue weighted by molar-refractivity contribution is 5.82. The van der Waals surface area contributed by atoms with Crippen molar-refractivity contribution in [2.75, 3.05) is 20.2 Å². The summed E-state index contributed by atoms with van der Waals surface area (Å²) < 4.78 is 0. The predicted octanol–water partition coefficient (Wildman–Crippen LogP) is -0.722. The lowest BCUT2D eigenvalue weighted by atomic mass is 10.0. The maximum absolute atomic E-state index is 10.9. The summed E-state index contributed by atoms with van der Waals surface area (Å²) in [4.78, 5) is 23.4. The lowest BCUT2D eigenvalue weighted by molar-refractivity contribution is -0.142. The number of rotatable bonds is 6. The van der Waals surface area contributed by atoms with Gasteiger partial charge in [-0.1, -0.05) is 0 Å². The number of nitrogens with zero attached hydrogens (tertiary/aromatic N) is 1. The van der Waals surface area contributed by atoms with Gasteiger partial charge in [0.1, 0.15) is 6.04 Å². The Bertz CT molecular complexity index is 266. The molecule has 0 aliphatic heterocycles. The molecular weight excluding hydrogens is 212 g/mol. The zero-order chi connectivity index (χ0) is 12.9. The van der Waals surface area contributed by atoms with Crippen LogP contribution in [-0.2, 0) is 9.59 Å². The molecule has 0 aromatic carbocycles. The van der Waals surface area contributed by atoms with Gasteiger partial charge >= 0.3 is 5.97 Å². The number of hydrogen-bond acceptors (Lipinski definition) is 4. The zero-order valence-corrected chi connectivity index (χ0v) is 10.1. The van der Waals surface area contributed by atoms with Gasteiger partial charge in [0, 0.05) is 19.0 Å². The van der Waals surface area contributed by atoms with E-state index < -0.39 is 17.6 Å². The topological polar surface area (TPSA) is 89.9 Å². The number of hydrogen-bond donors (Lipinski definition) is 3. The molecule has 6 nitrogen and oxygen atoms in total. The van der Waals surface area contributed by atoms with Gasteiger partial charge < -0.3 is 15.5 Å². The van der Waals surface area contributed by atoms with E-state index in [2.05, 4.69) is 5.32 Å². The second-order valence-corrected chi connectivity index (χ2v) is 4.44. The minimum Gasteiger partial charge on any atom is -0.480 e. The third kappa shape index (κ3) is 4.59. The van der Waals surface area contributed by atoms with Gasteiger partial charge in [0.15, 0.2) is 0 Å². The second-order valence-electron chi connectivity index (χ2n) is 4.44. The van der Waals surface area contributed by atoms with Crippen molar-refractivity contribution in [2.45, 2.75) is 32.4 Å². The Labute approximate surface area is 95.2 Å². The van der Waals surface area contributed by atoms with Crippen LogP contribution in [0, 0.1) is 0 Å². The molecule has 94 valence electrons. The van der Waals surface area contributed by atoms with Gasteiger partial charge in [-0.05, 0) is 20.9 Å². The van der Waals surface area contributed by atoms with Crippen LogP contribution in [0.25, 0.3) is 0 Å². The Morgan fingerprint density at radius 1 is 1.44 bits per heavy atom. The number of carboxylic acids is 1. The molecule has 1 atom stereocenters. The monoisotopic (exact) mass is 232 g/mol. The molecule has 0 fully saturated rings. The molecule has 1 unspecified atom stereocenters. The van der Waals surface area contributed by atoms with Gasteiger partial charge in [0.2, 0.25) is 5.91 Å². The van der Waals surface area contributed by atoms with Gasteiger partial charge in [-0.3, -0.25) is 9.69 Å². The van der Waals surface area contributed by atoms with Crippen LogP contribution in [0.3, 0.4) is 0 Å². The average Bonchev–Trinajstić information content (AvgIpc) is 2.15. The van der Waals surface area contributed by atoms with E-state index in [1.54, 1.807) is 25.8 Å². The van der Waals surface area contributed by atoms with Crippen LogP contribution in [0.15, 0.2) is 0 Å². The first-order valence-electron chi connectivity index (χ1n) is 5.02. The third-order valence-electron chi connectivity index (χ3n) is 2.55. The van der Waals surface area contributed by atoms with Crippen molar-refractivity contribution in [3.63, 3.8) is 0 Å². The van der Waals surface area contributed by atoms with E-state index in [-0.39, 0.29) is 19.1 Å². The highest BCUT2D eigenvalue weighted by atomic mass is 16.4. The van der Waals surface area contributed by atoms with E-state index in [9.17, 15) is 9.59 Å². The Morgan fingerprint density at radius 2 is 1.94 bits per heavy atom. The van der Waals surface area contributed by atoms with Gasteiger partial charge in [0.05, 0.1) is 6.61 Å². The summed E-state index contributed by atoms with van der Waals surface area (Å²) >= 11 is 0. The van der Waals surface area contributed by atoms with Crippen LogP contribution in [0.5, 0.6) is 0 Å². The summed E-state index contributed by atoms with van der Waals surface area (Å²) in [5, 5.41) is 20.4. The number of carboxylic acid groups (broad SMARTS) is 1. The number of amides is 1. The van der Waals surface area contributed by atoms with Crippen LogP contribution in [-0.4, -0.2) is 58.8 Å². The number of nitrogens with one attached hydrogen (secondary N) is 1. The number of likely N-dealkylation sites (N-methyl/N-ethyl adjacent to an activating group) is 1. The SMILES string of the molecule is CC(=O)NC(CN(C)C(C)(C)CO)C(=O)O. The van der Waals surface area contributed by atoms with E-state index in [1.165, 1.54) is 6.92 Å². The number of aliphatic hydroxyl groups excluding tert-OH is 1. The molecule has 16 heavy (non-hydrogen) atoms. The van der Waals surface area contributed by atoms with Crippen molar-refractivity contribution >= 4 is 11.9 Å². The largest absolute Gasteiger partial charge is 0.480 e. The lowest BCUT2D eigenvalue weighted by Crippen LogP contribution is -2.53. The highest BCUT2D eigenvalue weighted by Gasteiger charge is 2.28. The third-order valence-corrected chi connectivity index (χ3v) is 2.55. The first kappa shape index (κ1) is 14.9. The minimum absolute atomic E-state index is 0.0874.